The smallest absolute Gasteiger partial charge is 0.251 e. The number of nitrogens with one attached hydrogen (secondary N) is 2. The third-order valence-corrected chi connectivity index (χ3v) is 6.77. The van der Waals surface area contributed by atoms with Crippen LogP contribution in [0.2, 0.25) is 4.47 Å². The molecule has 0 spiro atoms. The fourth-order valence-corrected chi connectivity index (χ4v) is 4.99. The second-order valence-electron chi connectivity index (χ2n) is 8.18. The summed E-state index contributed by atoms with van der Waals surface area (Å²) in [6, 6.07) is 8.05. The number of rotatable bonds is 6. The highest BCUT2D eigenvalue weighted by Gasteiger charge is 2.36. The van der Waals surface area contributed by atoms with Gasteiger partial charge in [0.25, 0.3) is 5.91 Å². The number of carbonyl (C=O) groups excluding carboxylic acids is 2. The van der Waals surface area contributed by atoms with Crippen LogP contribution >= 0.6 is 23.1 Å². The van der Waals surface area contributed by atoms with Crippen LogP contribution in [0.3, 0.4) is 0 Å². The van der Waals surface area contributed by atoms with Gasteiger partial charge in [-0.15, -0.1) is 0 Å². The molecule has 1 aromatic carbocycles. The van der Waals surface area contributed by atoms with E-state index in [-0.39, 0.29) is 24.4 Å². The van der Waals surface area contributed by atoms with Crippen molar-refractivity contribution in [1.29, 1.82) is 0 Å². The minimum Gasteiger partial charge on any atom is -0.349 e. The lowest BCUT2D eigenvalue weighted by Gasteiger charge is -2.46. The lowest BCUT2D eigenvalue weighted by Crippen LogP contribution is -2.63. The van der Waals surface area contributed by atoms with Crippen LogP contribution < -0.4 is 10.6 Å². The molecule has 9 heteroatoms. The zero-order valence-corrected chi connectivity index (χ0v) is 18.5. The standard InChI is InChI=1S/C21H26ClN5O2S/c1-13-3-2-4-15(9-13)20(29)23-10-18(28)24-16-11-27(12-16)17-7-5-14(6-8-17)19-25-21(22)30-26-19/h2-4,9,14,16-17H,5-8,10-12H2,1H3,(H,23,29)(H,24,28)/t14-,17+. The maximum atomic E-state index is 12.2. The summed E-state index contributed by atoms with van der Waals surface area (Å²) in [5.41, 5.74) is 1.59. The van der Waals surface area contributed by atoms with E-state index in [0.29, 0.717) is 22.0 Å². The van der Waals surface area contributed by atoms with Crippen molar-refractivity contribution in [3.05, 3.63) is 45.7 Å². The Kier molecular flexibility index (Phi) is 6.65. The lowest BCUT2D eigenvalue weighted by atomic mass is 9.83. The van der Waals surface area contributed by atoms with E-state index in [1.165, 1.54) is 11.5 Å². The molecule has 0 unspecified atom stereocenters. The number of hydrogen-bond donors (Lipinski definition) is 2. The van der Waals surface area contributed by atoms with Crippen molar-refractivity contribution in [2.75, 3.05) is 19.6 Å². The molecule has 2 fully saturated rings. The highest BCUT2D eigenvalue weighted by molar-refractivity contribution is 7.10. The van der Waals surface area contributed by atoms with Crippen molar-refractivity contribution in [2.45, 2.75) is 50.6 Å². The normalized spacial score (nSPS) is 22.3. The van der Waals surface area contributed by atoms with E-state index in [9.17, 15) is 9.59 Å². The SMILES string of the molecule is Cc1cccc(C(=O)NCC(=O)NC2CN([C@H]3CC[C@@H](c4nsc(Cl)n4)CC3)C2)c1. The predicted molar refractivity (Wildman–Crippen MR) is 117 cm³/mol. The Morgan fingerprint density at radius 3 is 2.67 bits per heavy atom. The fourth-order valence-electron chi connectivity index (χ4n) is 4.31. The molecular weight excluding hydrogens is 422 g/mol. The molecule has 1 aromatic heterocycles. The third-order valence-electron chi connectivity index (χ3n) is 5.96. The fraction of sp³-hybridized carbons (Fsp3) is 0.524. The van der Waals surface area contributed by atoms with Gasteiger partial charge in [0.1, 0.15) is 5.82 Å². The van der Waals surface area contributed by atoms with Gasteiger partial charge in [-0.3, -0.25) is 14.5 Å². The van der Waals surface area contributed by atoms with E-state index in [2.05, 4.69) is 24.9 Å². The van der Waals surface area contributed by atoms with Crippen LogP contribution in [0.25, 0.3) is 0 Å². The third kappa shape index (κ3) is 5.17. The van der Waals surface area contributed by atoms with Crippen molar-refractivity contribution < 1.29 is 9.59 Å². The highest BCUT2D eigenvalue weighted by atomic mass is 35.5. The summed E-state index contributed by atoms with van der Waals surface area (Å²) in [6.07, 6.45) is 4.40. The van der Waals surface area contributed by atoms with Gasteiger partial charge < -0.3 is 10.6 Å². The number of benzene rings is 1. The van der Waals surface area contributed by atoms with Gasteiger partial charge in [-0.05, 0) is 67.9 Å². The van der Waals surface area contributed by atoms with Crippen molar-refractivity contribution in [1.82, 2.24) is 24.9 Å². The summed E-state index contributed by atoms with van der Waals surface area (Å²) < 4.78 is 4.87. The van der Waals surface area contributed by atoms with Crippen LogP contribution in [0.15, 0.2) is 24.3 Å². The Bertz CT molecular complexity index is 906. The maximum absolute atomic E-state index is 12.2. The molecule has 2 heterocycles. The molecule has 2 amide bonds. The van der Waals surface area contributed by atoms with Gasteiger partial charge in [0.2, 0.25) is 10.4 Å². The molecular formula is C21H26ClN5O2S. The predicted octanol–water partition coefficient (Wildman–Crippen LogP) is 2.76. The largest absolute Gasteiger partial charge is 0.349 e. The quantitative estimate of drug-likeness (QED) is 0.711. The van der Waals surface area contributed by atoms with Crippen LogP contribution in [0.1, 0.15) is 53.3 Å². The minimum absolute atomic E-state index is 0.00240. The van der Waals surface area contributed by atoms with Gasteiger partial charge in [-0.1, -0.05) is 17.7 Å². The summed E-state index contributed by atoms with van der Waals surface area (Å²) >= 11 is 7.16. The summed E-state index contributed by atoms with van der Waals surface area (Å²) in [6.45, 7) is 3.67. The number of nitrogens with zero attached hydrogens (tertiary/aromatic N) is 3. The number of hydrogen-bond acceptors (Lipinski definition) is 6. The van der Waals surface area contributed by atoms with Crippen LogP contribution in [-0.4, -0.2) is 57.8 Å². The summed E-state index contributed by atoms with van der Waals surface area (Å²) in [7, 11) is 0. The molecule has 30 heavy (non-hydrogen) atoms. The topological polar surface area (TPSA) is 87.2 Å². The number of likely N-dealkylation sites (tertiary alicyclic amines) is 1. The molecule has 2 aliphatic rings. The second kappa shape index (κ2) is 9.41. The second-order valence-corrected chi connectivity index (χ2v) is 9.52. The van der Waals surface area contributed by atoms with E-state index in [1.54, 1.807) is 6.07 Å². The van der Waals surface area contributed by atoms with Crippen LogP contribution in [0, 0.1) is 6.92 Å². The summed E-state index contributed by atoms with van der Waals surface area (Å²) in [5, 5.41) is 5.70. The summed E-state index contributed by atoms with van der Waals surface area (Å²) in [4.78, 5) is 31.1. The molecule has 0 atom stereocenters. The molecule has 4 rings (SSSR count). The molecule has 1 aliphatic heterocycles. The molecule has 7 nitrogen and oxygen atoms in total. The monoisotopic (exact) mass is 447 g/mol. The Hall–Kier alpha value is -2.03. The van der Waals surface area contributed by atoms with Crippen LogP contribution in [-0.2, 0) is 4.79 Å². The van der Waals surface area contributed by atoms with E-state index >= 15 is 0 Å². The van der Waals surface area contributed by atoms with Crippen molar-refractivity contribution in [2.24, 2.45) is 0 Å². The number of carbonyl (C=O) groups is 2. The minimum atomic E-state index is -0.225. The Morgan fingerprint density at radius 1 is 1.23 bits per heavy atom. The first-order valence-electron chi connectivity index (χ1n) is 10.4. The Labute approximate surface area is 185 Å². The first-order chi connectivity index (χ1) is 14.5. The Morgan fingerprint density at radius 2 is 2.00 bits per heavy atom. The van der Waals surface area contributed by atoms with Gasteiger partial charge in [0, 0.05) is 30.6 Å². The molecule has 1 aliphatic carbocycles. The molecule has 1 saturated carbocycles. The number of aryl methyl sites for hydroxylation is 1. The van der Waals surface area contributed by atoms with Crippen molar-refractivity contribution in [3.63, 3.8) is 0 Å². The van der Waals surface area contributed by atoms with E-state index in [0.717, 1.165) is 50.2 Å². The number of amides is 2. The van der Waals surface area contributed by atoms with Gasteiger partial charge in [-0.2, -0.15) is 4.37 Å². The highest BCUT2D eigenvalue weighted by Crippen LogP contribution is 2.35. The van der Waals surface area contributed by atoms with Crippen LogP contribution in [0.5, 0.6) is 0 Å². The van der Waals surface area contributed by atoms with Gasteiger partial charge in [0.15, 0.2) is 0 Å². The van der Waals surface area contributed by atoms with Crippen LogP contribution in [0.4, 0.5) is 0 Å². The molecule has 0 radical (unpaired) electrons. The van der Waals surface area contributed by atoms with E-state index < -0.39 is 0 Å². The molecule has 160 valence electrons. The first kappa shape index (κ1) is 21.2. The average Bonchev–Trinajstić information content (AvgIpc) is 3.15. The number of aromatic nitrogens is 2. The average molecular weight is 448 g/mol. The van der Waals surface area contributed by atoms with Gasteiger partial charge in [0.05, 0.1) is 12.6 Å². The lowest BCUT2D eigenvalue weighted by molar-refractivity contribution is -0.122. The van der Waals surface area contributed by atoms with Gasteiger partial charge >= 0.3 is 0 Å². The maximum Gasteiger partial charge on any atom is 0.251 e. The zero-order chi connectivity index (χ0) is 21.1. The Balaban J connectivity index is 1.14. The van der Waals surface area contributed by atoms with E-state index in [1.807, 2.05) is 25.1 Å². The molecule has 2 aromatic rings. The zero-order valence-electron chi connectivity index (χ0n) is 16.9. The van der Waals surface area contributed by atoms with Gasteiger partial charge in [-0.25, -0.2) is 4.98 Å². The first-order valence-corrected chi connectivity index (χ1v) is 11.5. The summed E-state index contributed by atoms with van der Waals surface area (Å²) in [5.74, 6) is 0.941. The van der Waals surface area contributed by atoms with E-state index in [4.69, 9.17) is 11.6 Å². The molecule has 1 saturated heterocycles. The number of halogens is 1. The van der Waals surface area contributed by atoms with Crippen molar-refractivity contribution >= 4 is 34.9 Å². The molecule has 0 bridgehead atoms. The molecule has 2 N–H and O–H groups in total. The van der Waals surface area contributed by atoms with Crippen molar-refractivity contribution in [3.8, 4) is 0 Å².